The Labute approximate surface area is 172 Å². The fraction of sp³-hybridized carbons (Fsp3) is 0.250. The Morgan fingerprint density at radius 1 is 0.759 bits per heavy atom. The van der Waals surface area contributed by atoms with Gasteiger partial charge in [-0.05, 0) is 34.4 Å². The molecule has 0 aromatic heterocycles. The first-order valence-corrected chi connectivity index (χ1v) is 11.7. The van der Waals surface area contributed by atoms with Crippen LogP contribution in [0.15, 0.2) is 78.9 Å². The molecule has 0 bridgehead atoms. The highest BCUT2D eigenvalue weighted by Gasteiger charge is 2.39. The van der Waals surface area contributed by atoms with Crippen molar-refractivity contribution in [2.75, 3.05) is 33.3 Å². The molecule has 1 saturated heterocycles. The van der Waals surface area contributed by atoms with Crippen LogP contribution in [0.2, 0.25) is 0 Å². The number of fused-ring (bicyclic) bond motifs is 3. The van der Waals surface area contributed by atoms with Crippen LogP contribution in [0.5, 0.6) is 0 Å². The normalized spacial score (nSPS) is 19.5. The quantitative estimate of drug-likeness (QED) is 0.598. The van der Waals surface area contributed by atoms with E-state index in [0.717, 1.165) is 31.5 Å². The summed E-state index contributed by atoms with van der Waals surface area (Å²) in [6.07, 6.45) is 0. The first-order valence-electron chi connectivity index (χ1n) is 10.1. The predicted octanol–water partition coefficient (Wildman–Crippen LogP) is 4.54. The Bertz CT molecular complexity index is 1020. The van der Waals surface area contributed by atoms with E-state index >= 15 is 0 Å². The zero-order chi connectivity index (χ0) is 19.8. The van der Waals surface area contributed by atoms with Gasteiger partial charge in [0.2, 0.25) is 0 Å². The van der Waals surface area contributed by atoms with E-state index in [9.17, 15) is 4.57 Å². The van der Waals surface area contributed by atoms with Gasteiger partial charge < -0.3 is 4.52 Å². The van der Waals surface area contributed by atoms with Gasteiger partial charge in [0.25, 0.3) is 0 Å². The summed E-state index contributed by atoms with van der Waals surface area (Å²) in [6.45, 7) is 3.16. The van der Waals surface area contributed by atoms with E-state index in [4.69, 9.17) is 4.52 Å². The molecule has 1 heterocycles. The molecule has 1 aliphatic heterocycles. The van der Waals surface area contributed by atoms with Crippen LogP contribution >= 0.6 is 7.52 Å². The highest BCUT2D eigenvalue weighted by atomic mass is 31.2. The summed E-state index contributed by atoms with van der Waals surface area (Å²) >= 11 is 0. The van der Waals surface area contributed by atoms with Crippen molar-refractivity contribution in [3.8, 4) is 11.1 Å². The molecule has 0 N–H and O–H groups in total. The van der Waals surface area contributed by atoms with Crippen molar-refractivity contribution in [2.24, 2.45) is 0 Å². The van der Waals surface area contributed by atoms with Crippen molar-refractivity contribution < 1.29 is 9.09 Å². The van der Waals surface area contributed by atoms with Gasteiger partial charge in [0, 0.05) is 33.3 Å². The van der Waals surface area contributed by atoms with E-state index < -0.39 is 7.52 Å². The third-order valence-electron chi connectivity index (χ3n) is 6.16. The minimum atomic E-state index is -3.01. The van der Waals surface area contributed by atoms with Crippen LogP contribution in [0.1, 0.15) is 17.2 Å². The van der Waals surface area contributed by atoms with Gasteiger partial charge in [0.1, 0.15) is 0 Å². The van der Waals surface area contributed by atoms with Crippen LogP contribution in [0, 0.1) is 0 Å². The van der Waals surface area contributed by atoms with Crippen LogP contribution < -0.4 is 5.30 Å². The molecular weight excluding hydrogens is 379 g/mol. The summed E-state index contributed by atoms with van der Waals surface area (Å²) in [5, 5.41) is 0.771. The lowest BCUT2D eigenvalue weighted by Crippen LogP contribution is -2.47. The number of hydrogen-bond acceptors (Lipinski definition) is 3. The molecule has 5 heteroatoms. The van der Waals surface area contributed by atoms with E-state index in [0.29, 0.717) is 0 Å². The van der Waals surface area contributed by atoms with E-state index in [-0.39, 0.29) is 6.04 Å². The fourth-order valence-corrected chi connectivity index (χ4v) is 6.78. The van der Waals surface area contributed by atoms with Crippen molar-refractivity contribution in [2.45, 2.75) is 6.04 Å². The maximum Gasteiger partial charge on any atom is 0.302 e. The molecule has 1 unspecified atom stereocenters. The van der Waals surface area contributed by atoms with Crippen LogP contribution in [0.25, 0.3) is 11.1 Å². The van der Waals surface area contributed by atoms with E-state index in [1.54, 1.807) is 7.11 Å². The lowest BCUT2D eigenvalue weighted by molar-refractivity contribution is 0.148. The minimum absolute atomic E-state index is 0.267. The third-order valence-corrected chi connectivity index (χ3v) is 8.75. The maximum atomic E-state index is 13.6. The molecule has 0 spiro atoms. The Hall–Kier alpha value is -2.23. The lowest BCUT2D eigenvalue weighted by atomic mass is 10.0. The smallest absolute Gasteiger partial charge is 0.302 e. The van der Waals surface area contributed by atoms with E-state index in [2.05, 4.69) is 53.4 Å². The van der Waals surface area contributed by atoms with Crippen LogP contribution in [0.3, 0.4) is 0 Å². The largest absolute Gasteiger partial charge is 0.317 e. The van der Waals surface area contributed by atoms with Crippen LogP contribution in [-0.4, -0.2) is 42.9 Å². The molecule has 29 heavy (non-hydrogen) atoms. The van der Waals surface area contributed by atoms with Crippen LogP contribution in [-0.2, 0) is 9.09 Å². The summed E-state index contributed by atoms with van der Waals surface area (Å²) in [5.41, 5.74) is 5.42. The van der Waals surface area contributed by atoms with E-state index in [1.165, 1.54) is 22.3 Å². The lowest BCUT2D eigenvalue weighted by Gasteiger charge is -2.41. The number of piperazine rings is 1. The molecule has 2 aliphatic rings. The van der Waals surface area contributed by atoms with Crippen LogP contribution in [0.4, 0.5) is 0 Å². The Balaban J connectivity index is 1.41. The van der Waals surface area contributed by atoms with Gasteiger partial charge in [-0.2, -0.15) is 0 Å². The molecule has 1 aliphatic carbocycles. The molecule has 0 amide bonds. The molecule has 148 valence electrons. The molecule has 3 aromatic rings. The highest BCUT2D eigenvalue weighted by molar-refractivity contribution is 7.64. The summed E-state index contributed by atoms with van der Waals surface area (Å²) in [4.78, 5) is 2.52. The number of benzene rings is 3. The molecular formula is C24H25N2O2P. The predicted molar refractivity (Wildman–Crippen MR) is 118 cm³/mol. The minimum Gasteiger partial charge on any atom is -0.317 e. The number of hydrogen-bond donors (Lipinski definition) is 0. The Morgan fingerprint density at radius 2 is 1.28 bits per heavy atom. The van der Waals surface area contributed by atoms with Gasteiger partial charge in [-0.15, -0.1) is 0 Å². The van der Waals surface area contributed by atoms with Crippen molar-refractivity contribution >= 4 is 12.8 Å². The van der Waals surface area contributed by atoms with Gasteiger partial charge in [-0.3, -0.25) is 9.46 Å². The molecule has 4 nitrogen and oxygen atoms in total. The monoisotopic (exact) mass is 404 g/mol. The Morgan fingerprint density at radius 3 is 1.83 bits per heavy atom. The SMILES string of the molecule is COP(=O)(c1ccccc1)N1CCN(C2c3ccccc3-c3ccccc32)CC1. The van der Waals surface area contributed by atoms with Crippen molar-refractivity contribution in [1.29, 1.82) is 0 Å². The average molecular weight is 404 g/mol. The fourth-order valence-electron chi connectivity index (χ4n) is 4.76. The third kappa shape index (κ3) is 3.08. The highest BCUT2D eigenvalue weighted by Crippen LogP contribution is 2.51. The zero-order valence-corrected chi connectivity index (χ0v) is 17.5. The van der Waals surface area contributed by atoms with Crippen molar-refractivity contribution in [3.63, 3.8) is 0 Å². The molecule has 3 aromatic carbocycles. The molecule has 1 atom stereocenters. The summed E-state index contributed by atoms with van der Waals surface area (Å²) in [7, 11) is -1.45. The second-order valence-corrected chi connectivity index (χ2v) is 10.1. The second-order valence-electron chi connectivity index (χ2n) is 7.61. The van der Waals surface area contributed by atoms with Crippen molar-refractivity contribution in [1.82, 2.24) is 9.57 Å². The topological polar surface area (TPSA) is 32.8 Å². The molecule has 5 rings (SSSR count). The molecule has 0 radical (unpaired) electrons. The summed E-state index contributed by atoms with van der Waals surface area (Å²) in [5.74, 6) is 0. The average Bonchev–Trinajstić information content (AvgIpc) is 3.14. The van der Waals surface area contributed by atoms with Crippen molar-refractivity contribution in [3.05, 3.63) is 90.0 Å². The van der Waals surface area contributed by atoms with Gasteiger partial charge >= 0.3 is 7.52 Å². The second kappa shape index (κ2) is 7.55. The number of nitrogens with zero attached hydrogens (tertiary/aromatic N) is 2. The van der Waals surface area contributed by atoms with Gasteiger partial charge in [-0.25, -0.2) is 4.67 Å². The first-order chi connectivity index (χ1) is 14.2. The zero-order valence-electron chi connectivity index (χ0n) is 16.6. The first kappa shape index (κ1) is 18.8. The standard InChI is InChI=1S/C24H25N2O2P/c1-28-29(27,19-9-3-2-4-10-19)26-17-15-25(16-18-26)24-22-13-7-5-11-20(22)21-12-6-8-14-23(21)24/h2-14,24H,15-18H2,1H3. The van der Waals surface area contributed by atoms with Gasteiger partial charge in [-0.1, -0.05) is 66.7 Å². The Kier molecular flexibility index (Phi) is 4.89. The summed E-state index contributed by atoms with van der Waals surface area (Å²) < 4.78 is 21.3. The van der Waals surface area contributed by atoms with E-state index in [1.807, 2.05) is 35.0 Å². The number of rotatable bonds is 4. The summed E-state index contributed by atoms with van der Waals surface area (Å²) in [6, 6.07) is 27.3. The maximum absolute atomic E-state index is 13.6. The molecule has 1 fully saturated rings. The molecule has 0 saturated carbocycles. The van der Waals surface area contributed by atoms with Gasteiger partial charge in [0.05, 0.1) is 11.3 Å². The van der Waals surface area contributed by atoms with Gasteiger partial charge in [0.15, 0.2) is 0 Å².